The number of amides is 2. The van der Waals surface area contributed by atoms with Crippen molar-refractivity contribution in [1.29, 1.82) is 0 Å². The van der Waals surface area contributed by atoms with E-state index in [2.05, 4.69) is 10.3 Å². The Morgan fingerprint density at radius 2 is 1.69 bits per heavy atom. The number of thioether (sulfide) groups is 1. The molecule has 2 amide bonds. The standard InChI is InChI=1S/C27H22FN3O3S/c1-2-25(33)29-21-12-8-19(9-13-21)24(32)17-35-27-30-23(16-18-6-4-3-5-7-18)26(34)31(27)22-14-10-20(28)11-15-22/h3-16H,2,17H2,1H3,(H,29,33). The number of hydrogen-bond acceptors (Lipinski definition) is 5. The highest BCUT2D eigenvalue weighted by molar-refractivity contribution is 8.14. The molecule has 3 aromatic carbocycles. The highest BCUT2D eigenvalue weighted by Crippen LogP contribution is 2.30. The zero-order valence-electron chi connectivity index (χ0n) is 18.9. The molecule has 0 fully saturated rings. The first kappa shape index (κ1) is 24.1. The number of carbonyl (C=O) groups is 3. The number of anilines is 2. The lowest BCUT2D eigenvalue weighted by Crippen LogP contribution is -2.30. The number of rotatable bonds is 7. The number of carbonyl (C=O) groups excluding carboxylic acids is 3. The maximum Gasteiger partial charge on any atom is 0.283 e. The Bertz CT molecular complexity index is 1300. The SMILES string of the molecule is CCC(=O)Nc1ccc(C(=O)CSC2=NC(=Cc3ccccc3)C(=O)N2c2ccc(F)cc2)cc1. The monoisotopic (exact) mass is 487 g/mol. The second kappa shape index (κ2) is 10.9. The van der Waals surface area contributed by atoms with Crippen LogP contribution in [0.2, 0.25) is 0 Å². The van der Waals surface area contributed by atoms with Gasteiger partial charge in [-0.3, -0.25) is 19.3 Å². The zero-order valence-corrected chi connectivity index (χ0v) is 19.7. The minimum Gasteiger partial charge on any atom is -0.326 e. The maximum atomic E-state index is 13.5. The minimum atomic E-state index is -0.416. The maximum absolute atomic E-state index is 13.5. The summed E-state index contributed by atoms with van der Waals surface area (Å²) in [6, 6.07) is 21.5. The largest absolute Gasteiger partial charge is 0.326 e. The van der Waals surface area contributed by atoms with Gasteiger partial charge in [-0.15, -0.1) is 0 Å². The van der Waals surface area contributed by atoms with Gasteiger partial charge in [-0.25, -0.2) is 9.38 Å². The van der Waals surface area contributed by atoms with Crippen LogP contribution in [0.15, 0.2) is 89.6 Å². The summed E-state index contributed by atoms with van der Waals surface area (Å²) < 4.78 is 13.5. The molecular formula is C27H22FN3O3S. The number of hydrogen-bond donors (Lipinski definition) is 1. The number of benzene rings is 3. The molecule has 0 aromatic heterocycles. The fraction of sp³-hybridized carbons (Fsp3) is 0.111. The van der Waals surface area contributed by atoms with Gasteiger partial charge in [-0.05, 0) is 60.2 Å². The molecule has 1 aliphatic heterocycles. The van der Waals surface area contributed by atoms with Crippen molar-refractivity contribution in [2.75, 3.05) is 16.0 Å². The summed E-state index contributed by atoms with van der Waals surface area (Å²) in [6.07, 6.45) is 2.04. The van der Waals surface area contributed by atoms with Gasteiger partial charge in [-0.1, -0.05) is 49.0 Å². The van der Waals surface area contributed by atoms with Gasteiger partial charge in [0.25, 0.3) is 5.91 Å². The van der Waals surface area contributed by atoms with Crippen LogP contribution in [0.4, 0.5) is 15.8 Å². The van der Waals surface area contributed by atoms with Gasteiger partial charge in [0, 0.05) is 17.7 Å². The lowest BCUT2D eigenvalue weighted by Gasteiger charge is -2.17. The summed E-state index contributed by atoms with van der Waals surface area (Å²) in [5.74, 6) is -0.989. The predicted octanol–water partition coefficient (Wildman–Crippen LogP) is 5.53. The van der Waals surface area contributed by atoms with Crippen LogP contribution in [0.5, 0.6) is 0 Å². The third kappa shape index (κ3) is 5.91. The summed E-state index contributed by atoms with van der Waals surface area (Å²) in [7, 11) is 0. The molecule has 0 unspecified atom stereocenters. The Kier molecular flexibility index (Phi) is 7.52. The summed E-state index contributed by atoms with van der Waals surface area (Å²) in [6.45, 7) is 1.76. The lowest BCUT2D eigenvalue weighted by molar-refractivity contribution is -0.116. The van der Waals surface area contributed by atoms with Gasteiger partial charge in [0.1, 0.15) is 11.5 Å². The summed E-state index contributed by atoms with van der Waals surface area (Å²) in [5, 5.41) is 3.08. The molecule has 1 aliphatic rings. The third-order valence-electron chi connectivity index (χ3n) is 5.16. The van der Waals surface area contributed by atoms with Gasteiger partial charge in [-0.2, -0.15) is 0 Å². The highest BCUT2D eigenvalue weighted by Gasteiger charge is 2.32. The number of nitrogens with zero attached hydrogens (tertiary/aromatic N) is 2. The summed E-state index contributed by atoms with van der Waals surface area (Å²) in [5.41, 5.74) is 2.60. The number of ketones is 1. The Balaban J connectivity index is 1.54. The molecule has 1 heterocycles. The molecule has 0 spiro atoms. The van der Waals surface area contributed by atoms with E-state index in [9.17, 15) is 18.8 Å². The van der Waals surface area contributed by atoms with Crippen molar-refractivity contribution in [3.05, 3.63) is 102 Å². The molecule has 0 saturated heterocycles. The van der Waals surface area contributed by atoms with Crippen LogP contribution in [0.3, 0.4) is 0 Å². The van der Waals surface area contributed by atoms with Crippen molar-refractivity contribution in [2.24, 2.45) is 4.99 Å². The topological polar surface area (TPSA) is 78.8 Å². The van der Waals surface area contributed by atoms with E-state index in [4.69, 9.17) is 0 Å². The van der Waals surface area contributed by atoms with E-state index >= 15 is 0 Å². The Morgan fingerprint density at radius 1 is 1.00 bits per heavy atom. The van der Waals surface area contributed by atoms with Gasteiger partial charge >= 0.3 is 0 Å². The quantitative estimate of drug-likeness (QED) is 0.351. The van der Waals surface area contributed by atoms with E-state index in [-0.39, 0.29) is 29.0 Å². The van der Waals surface area contributed by atoms with Crippen LogP contribution in [-0.4, -0.2) is 28.5 Å². The van der Waals surface area contributed by atoms with Gasteiger partial charge in [0.15, 0.2) is 11.0 Å². The van der Waals surface area contributed by atoms with E-state index < -0.39 is 5.82 Å². The lowest BCUT2D eigenvalue weighted by atomic mass is 10.1. The second-order valence-electron chi connectivity index (χ2n) is 7.64. The van der Waals surface area contributed by atoms with Crippen LogP contribution in [0, 0.1) is 5.82 Å². The molecule has 3 aromatic rings. The van der Waals surface area contributed by atoms with Gasteiger partial charge < -0.3 is 5.32 Å². The van der Waals surface area contributed by atoms with Crippen molar-refractivity contribution in [1.82, 2.24) is 0 Å². The van der Waals surface area contributed by atoms with Crippen LogP contribution >= 0.6 is 11.8 Å². The summed E-state index contributed by atoms with van der Waals surface area (Å²) >= 11 is 1.13. The van der Waals surface area contributed by atoms with Gasteiger partial charge in [0.2, 0.25) is 5.91 Å². The zero-order chi connectivity index (χ0) is 24.8. The van der Waals surface area contributed by atoms with E-state index in [1.54, 1.807) is 37.3 Å². The van der Waals surface area contributed by atoms with E-state index in [0.29, 0.717) is 28.5 Å². The number of aliphatic imine (C=N–C) groups is 1. The van der Waals surface area contributed by atoms with Crippen molar-refractivity contribution >= 4 is 52.0 Å². The fourth-order valence-corrected chi connectivity index (χ4v) is 4.23. The second-order valence-corrected chi connectivity index (χ2v) is 8.59. The van der Waals surface area contributed by atoms with Crippen LogP contribution in [-0.2, 0) is 9.59 Å². The molecule has 176 valence electrons. The molecule has 0 radical (unpaired) electrons. The molecule has 6 nitrogen and oxygen atoms in total. The molecular weight excluding hydrogens is 465 g/mol. The average Bonchev–Trinajstić information content (AvgIpc) is 3.18. The first-order valence-electron chi connectivity index (χ1n) is 11.0. The van der Waals surface area contributed by atoms with Crippen LogP contribution in [0.25, 0.3) is 6.08 Å². The van der Waals surface area contributed by atoms with Gasteiger partial charge in [0.05, 0.1) is 11.4 Å². The molecule has 0 bridgehead atoms. The third-order valence-corrected chi connectivity index (χ3v) is 6.10. The predicted molar refractivity (Wildman–Crippen MR) is 138 cm³/mol. The Labute approximate surface area is 206 Å². The molecule has 0 atom stereocenters. The van der Waals surface area contributed by atoms with Crippen molar-refractivity contribution in [3.63, 3.8) is 0 Å². The number of halogens is 1. The Hall–Kier alpha value is -4.04. The molecule has 35 heavy (non-hydrogen) atoms. The molecule has 1 N–H and O–H groups in total. The molecule has 4 rings (SSSR count). The average molecular weight is 488 g/mol. The first-order chi connectivity index (χ1) is 16.9. The fourth-order valence-electron chi connectivity index (χ4n) is 3.32. The van der Waals surface area contributed by atoms with E-state index in [1.807, 2.05) is 30.3 Å². The molecule has 0 saturated carbocycles. The number of nitrogens with one attached hydrogen (secondary N) is 1. The van der Waals surface area contributed by atoms with Crippen molar-refractivity contribution < 1.29 is 18.8 Å². The highest BCUT2D eigenvalue weighted by atomic mass is 32.2. The molecule has 0 aliphatic carbocycles. The van der Waals surface area contributed by atoms with Crippen molar-refractivity contribution in [2.45, 2.75) is 13.3 Å². The van der Waals surface area contributed by atoms with E-state index in [1.165, 1.54) is 29.2 Å². The first-order valence-corrected chi connectivity index (χ1v) is 11.9. The smallest absolute Gasteiger partial charge is 0.283 e. The van der Waals surface area contributed by atoms with Crippen molar-refractivity contribution in [3.8, 4) is 0 Å². The minimum absolute atomic E-state index is 0.0447. The number of amidine groups is 1. The van der Waals surface area contributed by atoms with Crippen LogP contribution < -0.4 is 10.2 Å². The normalized spacial score (nSPS) is 14.2. The molecule has 8 heteroatoms. The number of Topliss-reactive ketones (excluding diaryl/α,β-unsaturated/α-hetero) is 1. The summed E-state index contributed by atoms with van der Waals surface area (Å²) in [4.78, 5) is 43.4. The Morgan fingerprint density at radius 3 is 2.34 bits per heavy atom. The van der Waals surface area contributed by atoms with E-state index in [0.717, 1.165) is 17.3 Å². The van der Waals surface area contributed by atoms with Crippen LogP contribution in [0.1, 0.15) is 29.3 Å².